The molecule has 3 heterocycles. The molecule has 2 N–H and O–H groups in total. The summed E-state index contributed by atoms with van der Waals surface area (Å²) in [7, 11) is -4.40. The van der Waals surface area contributed by atoms with Crippen molar-refractivity contribution in [3.05, 3.63) is 88.3 Å². The molecule has 5 rings (SSSR count). The molecule has 0 saturated carbocycles. The van der Waals surface area contributed by atoms with Crippen LogP contribution in [0.1, 0.15) is 43.1 Å². The number of pyridine rings is 2. The molecule has 0 unspecified atom stereocenters. The van der Waals surface area contributed by atoms with E-state index in [1.165, 1.54) is 12.3 Å². The van der Waals surface area contributed by atoms with Crippen LogP contribution in [0, 0.1) is 12.8 Å². The second kappa shape index (κ2) is 9.40. The van der Waals surface area contributed by atoms with Gasteiger partial charge in [-0.05, 0) is 73.7 Å². The van der Waals surface area contributed by atoms with Crippen LogP contribution in [0.3, 0.4) is 0 Å². The van der Waals surface area contributed by atoms with Gasteiger partial charge in [-0.2, -0.15) is 0 Å². The number of rotatable bonds is 5. The van der Waals surface area contributed by atoms with E-state index in [1.807, 2.05) is 30.3 Å². The third-order valence-corrected chi connectivity index (χ3v) is 8.52. The van der Waals surface area contributed by atoms with E-state index in [0.29, 0.717) is 24.0 Å². The third kappa shape index (κ3) is 4.58. The van der Waals surface area contributed by atoms with Crippen molar-refractivity contribution in [2.24, 2.45) is 5.92 Å². The number of benzene rings is 2. The maximum absolute atomic E-state index is 13.5. The van der Waals surface area contributed by atoms with Gasteiger partial charge in [-0.25, -0.2) is 18.1 Å². The van der Waals surface area contributed by atoms with E-state index >= 15 is 0 Å². The second-order valence-electron chi connectivity index (χ2n) is 10.6. The molecule has 1 saturated heterocycles. The van der Waals surface area contributed by atoms with Gasteiger partial charge in [0.1, 0.15) is 5.82 Å². The molecule has 0 radical (unpaired) electrons. The van der Waals surface area contributed by atoms with Gasteiger partial charge in [0, 0.05) is 23.8 Å². The summed E-state index contributed by atoms with van der Waals surface area (Å²) in [6, 6.07) is 18.1. The fourth-order valence-corrected chi connectivity index (χ4v) is 6.49. The standard InChI is InChI=1S/C29H30N4O4S/c1-18-16-29(3,4)33(17-18)26-23(27(34)32-38(36,37)25-10-7-15-30-28(25)35)13-14-24(31-26)22-12-11-19(2)20-8-5-6-9-21(20)22/h5-15,18H,16-17H2,1-4H3,(H,30,35)(H,32,34)/t18-/m0/s1. The van der Waals surface area contributed by atoms with Crippen molar-refractivity contribution < 1.29 is 13.2 Å². The van der Waals surface area contributed by atoms with E-state index in [2.05, 4.69) is 48.4 Å². The van der Waals surface area contributed by atoms with Crippen molar-refractivity contribution in [1.29, 1.82) is 0 Å². The highest BCUT2D eigenvalue weighted by atomic mass is 32.2. The number of carbonyl (C=O) groups is 1. The predicted molar refractivity (Wildman–Crippen MR) is 149 cm³/mol. The molecule has 1 aliphatic heterocycles. The summed E-state index contributed by atoms with van der Waals surface area (Å²) in [6.45, 7) is 9.06. The maximum atomic E-state index is 13.5. The lowest BCUT2D eigenvalue weighted by Crippen LogP contribution is -2.41. The number of hydrogen-bond donors (Lipinski definition) is 2. The molecule has 38 heavy (non-hydrogen) atoms. The summed E-state index contributed by atoms with van der Waals surface area (Å²) in [6.07, 6.45) is 2.22. The van der Waals surface area contributed by atoms with Gasteiger partial charge in [0.25, 0.3) is 21.5 Å². The average Bonchev–Trinajstić information content (AvgIpc) is 3.15. The molecule has 1 fully saturated rings. The average molecular weight is 531 g/mol. The summed E-state index contributed by atoms with van der Waals surface area (Å²) < 4.78 is 27.9. The summed E-state index contributed by atoms with van der Waals surface area (Å²) in [4.78, 5) is 34.4. The Morgan fingerprint density at radius 3 is 2.47 bits per heavy atom. The Labute approximate surface area is 221 Å². The molecular weight excluding hydrogens is 500 g/mol. The first-order valence-electron chi connectivity index (χ1n) is 12.5. The number of carbonyl (C=O) groups excluding carboxylic acids is 1. The number of amides is 1. The molecule has 1 aliphatic rings. The Kier molecular flexibility index (Phi) is 6.35. The fourth-order valence-electron chi connectivity index (χ4n) is 5.46. The van der Waals surface area contributed by atoms with E-state index in [4.69, 9.17) is 4.98 Å². The lowest BCUT2D eigenvalue weighted by molar-refractivity contribution is 0.0981. The monoisotopic (exact) mass is 530 g/mol. The molecule has 1 atom stereocenters. The van der Waals surface area contributed by atoms with Gasteiger partial charge in [-0.3, -0.25) is 9.59 Å². The number of hydrogen-bond acceptors (Lipinski definition) is 6. The molecule has 1 amide bonds. The van der Waals surface area contributed by atoms with Crippen LogP contribution in [0.25, 0.3) is 22.0 Å². The van der Waals surface area contributed by atoms with Crippen LogP contribution in [0.15, 0.2) is 76.6 Å². The smallest absolute Gasteiger partial charge is 0.269 e. The molecule has 4 aromatic rings. The van der Waals surface area contributed by atoms with Gasteiger partial charge in [0.05, 0.1) is 11.3 Å². The minimum absolute atomic E-state index is 0.128. The molecular formula is C29H30N4O4S. The zero-order chi connectivity index (χ0) is 27.2. The van der Waals surface area contributed by atoms with Crippen LogP contribution in [0.4, 0.5) is 5.82 Å². The number of aromatic nitrogens is 2. The van der Waals surface area contributed by atoms with Crippen LogP contribution in [0.2, 0.25) is 0 Å². The highest BCUT2D eigenvalue weighted by Crippen LogP contribution is 2.39. The number of H-pyrrole nitrogens is 1. The predicted octanol–water partition coefficient (Wildman–Crippen LogP) is 4.64. The van der Waals surface area contributed by atoms with E-state index in [9.17, 15) is 18.0 Å². The van der Waals surface area contributed by atoms with Crippen LogP contribution in [0.5, 0.6) is 0 Å². The Hall–Kier alpha value is -3.98. The Morgan fingerprint density at radius 1 is 1.05 bits per heavy atom. The molecule has 196 valence electrons. The van der Waals surface area contributed by atoms with E-state index in [1.54, 1.807) is 12.1 Å². The van der Waals surface area contributed by atoms with Gasteiger partial charge in [0.2, 0.25) is 0 Å². The third-order valence-electron chi connectivity index (χ3n) is 7.17. The van der Waals surface area contributed by atoms with Gasteiger partial charge >= 0.3 is 0 Å². The number of aryl methyl sites for hydroxylation is 1. The zero-order valence-corrected chi connectivity index (χ0v) is 22.6. The molecule has 0 spiro atoms. The highest BCUT2D eigenvalue weighted by Gasteiger charge is 2.39. The Bertz CT molecular complexity index is 1730. The van der Waals surface area contributed by atoms with Crippen molar-refractivity contribution in [3.8, 4) is 11.3 Å². The van der Waals surface area contributed by atoms with Crippen molar-refractivity contribution in [1.82, 2.24) is 14.7 Å². The minimum atomic E-state index is -4.40. The van der Waals surface area contributed by atoms with E-state index < -0.39 is 26.4 Å². The summed E-state index contributed by atoms with van der Waals surface area (Å²) >= 11 is 0. The topological polar surface area (TPSA) is 112 Å². The number of nitrogens with zero attached hydrogens (tertiary/aromatic N) is 2. The quantitative estimate of drug-likeness (QED) is 0.389. The number of anilines is 1. The molecule has 2 aromatic heterocycles. The molecule has 2 aromatic carbocycles. The first kappa shape index (κ1) is 25.7. The summed E-state index contributed by atoms with van der Waals surface area (Å²) in [5.41, 5.74) is 1.78. The van der Waals surface area contributed by atoms with Gasteiger partial charge in [0.15, 0.2) is 4.90 Å². The van der Waals surface area contributed by atoms with Crippen molar-refractivity contribution >= 4 is 32.5 Å². The number of aromatic amines is 1. The Balaban J connectivity index is 1.64. The SMILES string of the molecule is Cc1ccc(-c2ccc(C(=O)NS(=O)(=O)c3ccc[nH]c3=O)c(N3C[C@@H](C)CC3(C)C)n2)c2ccccc12. The van der Waals surface area contributed by atoms with Crippen molar-refractivity contribution in [2.75, 3.05) is 11.4 Å². The highest BCUT2D eigenvalue weighted by molar-refractivity contribution is 7.90. The minimum Gasteiger partial charge on any atom is -0.351 e. The van der Waals surface area contributed by atoms with Crippen LogP contribution >= 0.6 is 0 Å². The summed E-state index contributed by atoms with van der Waals surface area (Å²) in [5, 5.41) is 2.16. The maximum Gasteiger partial charge on any atom is 0.269 e. The van der Waals surface area contributed by atoms with Crippen LogP contribution in [-0.4, -0.2) is 36.4 Å². The van der Waals surface area contributed by atoms with E-state index in [0.717, 1.165) is 34.4 Å². The lowest BCUT2D eigenvalue weighted by Gasteiger charge is -2.34. The van der Waals surface area contributed by atoms with Gasteiger partial charge < -0.3 is 9.88 Å². The number of sulfonamides is 1. The van der Waals surface area contributed by atoms with Crippen molar-refractivity contribution in [3.63, 3.8) is 0 Å². The number of nitrogens with one attached hydrogen (secondary N) is 2. The molecule has 8 nitrogen and oxygen atoms in total. The second-order valence-corrected chi connectivity index (χ2v) is 12.2. The van der Waals surface area contributed by atoms with Crippen LogP contribution in [-0.2, 0) is 10.0 Å². The fraction of sp³-hybridized carbons (Fsp3) is 0.276. The molecule has 9 heteroatoms. The summed E-state index contributed by atoms with van der Waals surface area (Å²) in [5.74, 6) is -0.0687. The van der Waals surface area contributed by atoms with E-state index in [-0.39, 0.29) is 11.1 Å². The first-order valence-corrected chi connectivity index (χ1v) is 14.0. The Morgan fingerprint density at radius 2 is 1.79 bits per heavy atom. The first-order chi connectivity index (χ1) is 18.0. The lowest BCUT2D eigenvalue weighted by atomic mass is 9.96. The van der Waals surface area contributed by atoms with Gasteiger partial charge in [-0.1, -0.05) is 43.3 Å². The van der Waals surface area contributed by atoms with Crippen molar-refractivity contribution in [2.45, 2.75) is 44.6 Å². The number of fused-ring (bicyclic) bond motifs is 1. The largest absolute Gasteiger partial charge is 0.351 e. The zero-order valence-electron chi connectivity index (χ0n) is 21.8. The normalized spacial score (nSPS) is 17.1. The van der Waals surface area contributed by atoms with Crippen LogP contribution < -0.4 is 15.2 Å². The van der Waals surface area contributed by atoms with Gasteiger partial charge in [-0.15, -0.1) is 0 Å². The molecule has 0 bridgehead atoms. The molecule has 0 aliphatic carbocycles.